The fourth-order valence-corrected chi connectivity index (χ4v) is 7.50. The second kappa shape index (κ2) is 35.1. The number of hydrogen-bond donors (Lipinski definition) is 5. The summed E-state index contributed by atoms with van der Waals surface area (Å²) in [6.45, 7) is 3.32. The zero-order chi connectivity index (χ0) is 42.0. The lowest BCUT2D eigenvalue weighted by molar-refractivity contribution is -0.199. The molecule has 6 N–H and O–H groups in total. The van der Waals surface area contributed by atoms with E-state index in [1.54, 1.807) is 12.2 Å². The van der Waals surface area contributed by atoms with Crippen molar-refractivity contribution in [2.45, 2.75) is 205 Å². The van der Waals surface area contributed by atoms with Crippen molar-refractivity contribution < 1.29 is 57.6 Å². The van der Waals surface area contributed by atoms with E-state index in [2.05, 4.69) is 13.8 Å². The molecule has 57 heavy (non-hydrogen) atoms. The number of allylic oxidation sites excluding steroid dienone is 2. The number of aliphatic hydroxyl groups is 3. The Bertz CT molecular complexity index is 1110. The summed E-state index contributed by atoms with van der Waals surface area (Å²) < 4.78 is 38.4. The number of nitrogens with two attached hydrogens (primary N) is 1. The summed E-state index contributed by atoms with van der Waals surface area (Å²) in [6, 6.07) is 0. The number of esters is 2. The predicted octanol–water partition coefficient (Wildman–Crippen LogP) is 8.49. The zero-order valence-electron chi connectivity index (χ0n) is 35.4. The van der Waals surface area contributed by atoms with E-state index in [0.717, 1.165) is 38.5 Å². The monoisotopic (exact) mass is 834 g/mol. The molecule has 0 bridgehead atoms. The second-order valence-corrected chi connectivity index (χ2v) is 16.9. The van der Waals surface area contributed by atoms with Gasteiger partial charge in [0.25, 0.3) is 0 Å². The molecule has 1 saturated heterocycles. The summed E-state index contributed by atoms with van der Waals surface area (Å²) in [5, 5.41) is 30.9. The number of carbonyl (C=O) groups excluding carboxylic acids is 2. The maximum Gasteiger partial charge on any atom is 0.472 e. The largest absolute Gasteiger partial charge is 0.472 e. The Morgan fingerprint density at radius 3 is 1.98 bits per heavy atom. The van der Waals surface area contributed by atoms with E-state index < -0.39 is 57.1 Å². The van der Waals surface area contributed by atoms with E-state index in [0.29, 0.717) is 32.1 Å². The third kappa shape index (κ3) is 30.1. The molecule has 334 valence electrons. The fraction of sp³-hybridized carbons (Fsp3) is 0.860. The molecule has 0 aromatic carbocycles. The van der Waals surface area contributed by atoms with Crippen molar-refractivity contribution in [2.75, 3.05) is 26.4 Å². The Hall–Kier alpha value is -1.67. The van der Waals surface area contributed by atoms with E-state index in [9.17, 15) is 34.4 Å². The molecule has 0 aromatic heterocycles. The molecule has 0 aromatic rings. The van der Waals surface area contributed by atoms with Gasteiger partial charge in [-0.15, -0.1) is 0 Å². The Morgan fingerprint density at radius 1 is 0.789 bits per heavy atom. The lowest BCUT2D eigenvalue weighted by atomic mass is 9.87. The van der Waals surface area contributed by atoms with Gasteiger partial charge in [-0.05, 0) is 32.1 Å². The van der Waals surface area contributed by atoms with E-state index in [1.807, 2.05) is 12.2 Å². The first-order valence-corrected chi connectivity index (χ1v) is 23.7. The summed E-state index contributed by atoms with van der Waals surface area (Å²) in [6.07, 6.45) is 26.8. The van der Waals surface area contributed by atoms with Gasteiger partial charge in [-0.25, -0.2) is 4.57 Å². The first kappa shape index (κ1) is 53.3. The molecule has 2 unspecified atom stereocenters. The standard InChI is InChI=1S/C43H80NO12P/c1-3-5-7-8-9-10-11-12-13-14-15-16-17-18-23-27-41(47)52-34-37(35-54-57(50,51)53-32-31-44)55-42(48)28-24-20-19-22-26-38-39(46)33-43(49)56-40(38)30-29-36(45)25-21-6-4-2/h19,22,29-30,36-40,43,45-46,49H,3-18,20-21,23-28,31-35,44H2,1-2H3,(H,50,51)/b22-19-,30-29+/t36-,37+,38-,39-,40+,43?/m0/s1. The van der Waals surface area contributed by atoms with E-state index in [1.165, 1.54) is 70.6 Å². The van der Waals surface area contributed by atoms with Crippen LogP contribution in [0.3, 0.4) is 0 Å². The maximum absolute atomic E-state index is 12.7. The Morgan fingerprint density at radius 2 is 1.37 bits per heavy atom. The molecule has 0 spiro atoms. The normalized spacial score (nSPS) is 20.8. The Kier molecular flexibility index (Phi) is 32.9. The topological polar surface area (TPSA) is 204 Å². The number of aliphatic hydroxyl groups excluding tert-OH is 3. The molecule has 0 amide bonds. The van der Waals surface area contributed by atoms with Gasteiger partial charge in [0.1, 0.15) is 6.61 Å². The highest BCUT2D eigenvalue weighted by Gasteiger charge is 2.35. The van der Waals surface area contributed by atoms with Crippen LogP contribution >= 0.6 is 7.82 Å². The van der Waals surface area contributed by atoms with Gasteiger partial charge in [-0.3, -0.25) is 18.6 Å². The van der Waals surface area contributed by atoms with Gasteiger partial charge in [0.05, 0.1) is 31.5 Å². The number of hydrogen-bond acceptors (Lipinski definition) is 12. The molecule has 0 radical (unpaired) electrons. The first-order chi connectivity index (χ1) is 27.5. The molecule has 7 atom stereocenters. The van der Waals surface area contributed by atoms with Gasteiger partial charge in [0, 0.05) is 31.7 Å². The van der Waals surface area contributed by atoms with Gasteiger partial charge in [0.2, 0.25) is 0 Å². The van der Waals surface area contributed by atoms with Gasteiger partial charge in [-0.2, -0.15) is 0 Å². The van der Waals surface area contributed by atoms with Crippen LogP contribution in [0.4, 0.5) is 0 Å². The van der Waals surface area contributed by atoms with Crippen LogP contribution in [0.1, 0.15) is 174 Å². The smallest absolute Gasteiger partial charge is 0.462 e. The lowest BCUT2D eigenvalue weighted by Crippen LogP contribution is -2.43. The van der Waals surface area contributed by atoms with Crippen molar-refractivity contribution in [3.8, 4) is 0 Å². The summed E-state index contributed by atoms with van der Waals surface area (Å²) >= 11 is 0. The molecular formula is C43H80NO12P. The zero-order valence-corrected chi connectivity index (χ0v) is 36.3. The van der Waals surface area contributed by atoms with Crippen LogP contribution in [-0.2, 0) is 37.4 Å². The number of unbranched alkanes of at least 4 members (excludes halogenated alkanes) is 17. The first-order valence-electron chi connectivity index (χ1n) is 22.2. The molecule has 1 fully saturated rings. The summed E-state index contributed by atoms with van der Waals surface area (Å²) in [7, 11) is -4.45. The molecule has 0 saturated carbocycles. The molecule has 1 rings (SSSR count). The maximum atomic E-state index is 12.7. The number of ether oxygens (including phenoxy) is 3. The van der Waals surface area contributed by atoms with Crippen LogP contribution in [0.2, 0.25) is 0 Å². The summed E-state index contributed by atoms with van der Waals surface area (Å²) in [5.74, 6) is -1.34. The highest BCUT2D eigenvalue weighted by Crippen LogP contribution is 2.43. The lowest BCUT2D eigenvalue weighted by Gasteiger charge is -2.36. The van der Waals surface area contributed by atoms with Crippen LogP contribution in [0.25, 0.3) is 0 Å². The highest BCUT2D eigenvalue weighted by atomic mass is 31.2. The second-order valence-electron chi connectivity index (χ2n) is 15.5. The fourth-order valence-electron chi connectivity index (χ4n) is 6.73. The molecule has 14 heteroatoms. The van der Waals surface area contributed by atoms with Gasteiger partial charge >= 0.3 is 19.8 Å². The highest BCUT2D eigenvalue weighted by molar-refractivity contribution is 7.47. The predicted molar refractivity (Wildman–Crippen MR) is 223 cm³/mol. The minimum Gasteiger partial charge on any atom is -0.462 e. The Labute approximate surface area is 344 Å². The molecule has 1 heterocycles. The molecule has 13 nitrogen and oxygen atoms in total. The van der Waals surface area contributed by atoms with Crippen molar-refractivity contribution in [3.63, 3.8) is 0 Å². The van der Waals surface area contributed by atoms with Gasteiger partial charge < -0.3 is 40.2 Å². The van der Waals surface area contributed by atoms with Crippen LogP contribution < -0.4 is 5.73 Å². The van der Waals surface area contributed by atoms with Crippen LogP contribution in [0, 0.1) is 5.92 Å². The van der Waals surface area contributed by atoms with Crippen LogP contribution in [0.15, 0.2) is 24.3 Å². The van der Waals surface area contributed by atoms with Crippen molar-refractivity contribution >= 4 is 19.8 Å². The van der Waals surface area contributed by atoms with Crippen LogP contribution in [-0.4, -0.2) is 89.2 Å². The SMILES string of the molecule is CCCCCCCCCCCCCCCCCC(=O)OC[C@H](COP(=O)(O)OCCN)OC(=O)CCC/C=C\C[C@H]1[C@@H](O)CC(O)O[C@@H]1/C=C/[C@@H](O)CCCCC. The minimum atomic E-state index is -4.45. The van der Waals surface area contributed by atoms with E-state index >= 15 is 0 Å². The third-order valence-electron chi connectivity index (χ3n) is 10.1. The van der Waals surface area contributed by atoms with E-state index in [-0.39, 0.29) is 44.9 Å². The number of carbonyl (C=O) groups is 2. The molecule has 1 aliphatic heterocycles. The van der Waals surface area contributed by atoms with Crippen molar-refractivity contribution in [1.82, 2.24) is 0 Å². The van der Waals surface area contributed by atoms with Crippen molar-refractivity contribution in [3.05, 3.63) is 24.3 Å². The molecular weight excluding hydrogens is 753 g/mol. The summed E-state index contributed by atoms with van der Waals surface area (Å²) in [5.41, 5.74) is 5.34. The van der Waals surface area contributed by atoms with Crippen molar-refractivity contribution in [2.24, 2.45) is 11.7 Å². The third-order valence-corrected chi connectivity index (χ3v) is 11.1. The summed E-state index contributed by atoms with van der Waals surface area (Å²) in [4.78, 5) is 35.1. The van der Waals surface area contributed by atoms with Crippen molar-refractivity contribution in [1.29, 1.82) is 0 Å². The number of phosphoric acid groups is 1. The molecule has 1 aliphatic rings. The van der Waals surface area contributed by atoms with E-state index in [4.69, 9.17) is 29.0 Å². The average molecular weight is 834 g/mol. The quantitative estimate of drug-likeness (QED) is 0.0173. The van der Waals surface area contributed by atoms with Gasteiger partial charge in [0.15, 0.2) is 12.4 Å². The minimum absolute atomic E-state index is 0.0107. The van der Waals surface area contributed by atoms with Crippen LogP contribution in [0.5, 0.6) is 0 Å². The molecule has 0 aliphatic carbocycles. The van der Waals surface area contributed by atoms with Gasteiger partial charge in [-0.1, -0.05) is 147 Å². The number of phosphoric ester groups is 1. The average Bonchev–Trinajstić information content (AvgIpc) is 3.17. The Balaban J connectivity index is 2.43. The number of rotatable bonds is 37.